The van der Waals surface area contributed by atoms with Crippen molar-refractivity contribution >= 4 is 79.1 Å². The molecule has 3 N–H and O–H groups in total. The summed E-state index contributed by atoms with van der Waals surface area (Å²) in [5.41, 5.74) is 6.78. The van der Waals surface area contributed by atoms with Crippen LogP contribution in [-0.4, -0.2) is 42.5 Å². The molecule has 3 aromatic rings. The van der Waals surface area contributed by atoms with Crippen molar-refractivity contribution in [2.24, 2.45) is 10.2 Å². The molecule has 0 bridgehead atoms. The number of rotatable bonds is 3. The molecule has 7 nitrogen and oxygen atoms in total. The van der Waals surface area contributed by atoms with Crippen LogP contribution in [0.5, 0.6) is 0 Å². The van der Waals surface area contributed by atoms with Crippen molar-refractivity contribution in [2.75, 3.05) is 5.73 Å². The molecule has 132 valence electrons. The van der Waals surface area contributed by atoms with Gasteiger partial charge in [-0.25, -0.2) is 0 Å². The number of azo groups is 1. The second-order valence-corrected chi connectivity index (χ2v) is 7.13. The molecule has 27 heavy (non-hydrogen) atoms. The van der Waals surface area contributed by atoms with Crippen LogP contribution in [0.4, 0.5) is 17.1 Å². The van der Waals surface area contributed by atoms with Crippen LogP contribution < -0.4 is 5.73 Å². The summed E-state index contributed by atoms with van der Waals surface area (Å²) >= 11 is 5.84. The van der Waals surface area contributed by atoms with Gasteiger partial charge in [0.15, 0.2) is 0 Å². The maximum absolute atomic E-state index is 11.7. The van der Waals surface area contributed by atoms with Gasteiger partial charge in [-0.2, -0.15) is 13.7 Å². The average molecular weight is 411 g/mol. The number of hydrogen-bond donors (Lipinski definition) is 2. The standard InChI is InChI=1S/C17H11ClN4O3S.Na.H/c18-11-5-6-14(10(7-11)9-19)21-22-15-8-16(26(23,24)25)12-3-1-2-4-13(12)17(15)20;;/h1-8H,20H2,(H,23,24,25);;. The molecular weight excluding hydrogens is 399 g/mol. The van der Waals surface area contributed by atoms with Gasteiger partial charge in [-0.15, -0.1) is 10.2 Å². The van der Waals surface area contributed by atoms with E-state index in [0.717, 1.165) is 6.07 Å². The van der Waals surface area contributed by atoms with Crippen LogP contribution in [0, 0.1) is 11.3 Å². The molecule has 0 atom stereocenters. The number of fused-ring (bicyclic) bond motifs is 1. The van der Waals surface area contributed by atoms with Crippen molar-refractivity contribution in [3.8, 4) is 6.07 Å². The van der Waals surface area contributed by atoms with Gasteiger partial charge in [0.1, 0.15) is 22.3 Å². The number of anilines is 1. The summed E-state index contributed by atoms with van der Waals surface area (Å²) in [5, 5.41) is 18.1. The molecule has 0 aliphatic carbocycles. The predicted molar refractivity (Wildman–Crippen MR) is 106 cm³/mol. The fourth-order valence-electron chi connectivity index (χ4n) is 2.44. The predicted octanol–water partition coefficient (Wildman–Crippen LogP) is 3.96. The number of benzene rings is 3. The molecule has 3 rings (SSSR count). The van der Waals surface area contributed by atoms with Crippen LogP contribution in [0.3, 0.4) is 0 Å². The Hall–Kier alpha value is -1.99. The third-order valence-electron chi connectivity index (χ3n) is 3.65. The van der Waals surface area contributed by atoms with Crippen LogP contribution in [0.25, 0.3) is 10.8 Å². The number of nitrogens with two attached hydrogens (primary N) is 1. The van der Waals surface area contributed by atoms with Gasteiger partial charge in [-0.3, -0.25) is 4.55 Å². The molecule has 0 fully saturated rings. The van der Waals surface area contributed by atoms with E-state index in [0.29, 0.717) is 10.4 Å². The number of nitrogen functional groups attached to an aromatic ring is 1. The monoisotopic (exact) mass is 410 g/mol. The molecule has 0 heterocycles. The van der Waals surface area contributed by atoms with Crippen LogP contribution in [0.1, 0.15) is 5.56 Å². The van der Waals surface area contributed by atoms with Crippen LogP contribution in [-0.2, 0) is 10.1 Å². The molecule has 3 aromatic carbocycles. The molecule has 0 saturated carbocycles. The van der Waals surface area contributed by atoms with E-state index < -0.39 is 10.1 Å². The van der Waals surface area contributed by atoms with Gasteiger partial charge in [0, 0.05) is 15.8 Å². The number of halogens is 1. The summed E-state index contributed by atoms with van der Waals surface area (Å²) < 4.78 is 32.9. The quantitative estimate of drug-likeness (QED) is 0.292. The topological polar surface area (TPSA) is 129 Å². The molecule has 0 aliphatic heterocycles. The summed E-state index contributed by atoms with van der Waals surface area (Å²) in [5.74, 6) is 0. The van der Waals surface area contributed by atoms with E-state index in [1.165, 1.54) is 18.2 Å². The van der Waals surface area contributed by atoms with Crippen LogP contribution in [0.15, 0.2) is 63.7 Å². The first kappa shape index (κ1) is 21.3. The summed E-state index contributed by atoms with van der Waals surface area (Å²) in [6, 6.07) is 14.0. The average Bonchev–Trinajstić information content (AvgIpc) is 2.61. The first-order chi connectivity index (χ1) is 12.3. The van der Waals surface area contributed by atoms with E-state index in [4.69, 9.17) is 22.6 Å². The van der Waals surface area contributed by atoms with Gasteiger partial charge < -0.3 is 5.73 Å². The van der Waals surface area contributed by atoms with E-state index in [9.17, 15) is 13.0 Å². The van der Waals surface area contributed by atoms with E-state index in [1.807, 2.05) is 6.07 Å². The Balaban J connectivity index is 0.00000261. The van der Waals surface area contributed by atoms with Crippen LogP contribution in [0.2, 0.25) is 5.02 Å². The van der Waals surface area contributed by atoms with Gasteiger partial charge in [-0.1, -0.05) is 35.9 Å². The molecule has 0 spiro atoms. The van der Waals surface area contributed by atoms with E-state index >= 15 is 0 Å². The molecular formula is C17H12ClN4NaO3S. The van der Waals surface area contributed by atoms with Gasteiger partial charge in [-0.05, 0) is 24.3 Å². The summed E-state index contributed by atoms with van der Waals surface area (Å²) in [4.78, 5) is -0.326. The van der Waals surface area contributed by atoms with Crippen molar-refractivity contribution in [2.45, 2.75) is 4.90 Å². The zero-order chi connectivity index (χ0) is 18.9. The molecule has 0 saturated heterocycles. The summed E-state index contributed by atoms with van der Waals surface area (Å²) in [7, 11) is -4.50. The zero-order valence-electron chi connectivity index (χ0n) is 13.1. The summed E-state index contributed by atoms with van der Waals surface area (Å²) in [6.45, 7) is 0. The first-order valence-corrected chi connectivity index (χ1v) is 9.03. The Bertz CT molecular complexity index is 1210. The summed E-state index contributed by atoms with van der Waals surface area (Å²) in [6.07, 6.45) is 0. The van der Waals surface area contributed by atoms with Gasteiger partial charge in [0.25, 0.3) is 10.1 Å². The Morgan fingerprint density at radius 2 is 1.67 bits per heavy atom. The number of hydrogen-bond acceptors (Lipinski definition) is 6. The Morgan fingerprint density at radius 1 is 1.04 bits per heavy atom. The van der Waals surface area contributed by atoms with Crippen molar-refractivity contribution in [3.63, 3.8) is 0 Å². The van der Waals surface area contributed by atoms with Gasteiger partial charge in [0.05, 0.1) is 11.3 Å². The number of nitriles is 1. The molecule has 0 aromatic heterocycles. The van der Waals surface area contributed by atoms with Gasteiger partial charge >= 0.3 is 29.6 Å². The van der Waals surface area contributed by atoms with Crippen molar-refractivity contribution in [3.05, 3.63) is 59.1 Å². The third kappa shape index (κ3) is 4.47. The Kier molecular flexibility index (Phi) is 6.59. The fourth-order valence-corrected chi connectivity index (χ4v) is 3.33. The van der Waals surface area contributed by atoms with Gasteiger partial charge in [0.2, 0.25) is 0 Å². The third-order valence-corrected chi connectivity index (χ3v) is 4.78. The Morgan fingerprint density at radius 3 is 2.30 bits per heavy atom. The minimum absolute atomic E-state index is 0. The van der Waals surface area contributed by atoms with E-state index in [2.05, 4.69) is 10.2 Å². The number of nitrogens with zero attached hydrogens (tertiary/aromatic N) is 3. The SMILES string of the molecule is N#Cc1cc(Cl)ccc1N=Nc1cc(S(=O)(=O)O)c2ccccc2c1N.[NaH]. The first-order valence-electron chi connectivity index (χ1n) is 7.21. The molecule has 0 radical (unpaired) electrons. The molecule has 0 aliphatic rings. The normalized spacial score (nSPS) is 11.3. The van der Waals surface area contributed by atoms with Crippen molar-refractivity contribution in [1.82, 2.24) is 0 Å². The van der Waals surface area contributed by atoms with E-state index in [-0.39, 0.29) is 62.5 Å². The maximum atomic E-state index is 11.7. The minimum atomic E-state index is -4.50. The van der Waals surface area contributed by atoms with E-state index in [1.54, 1.807) is 24.3 Å². The molecule has 10 heteroatoms. The van der Waals surface area contributed by atoms with Crippen LogP contribution >= 0.6 is 11.6 Å². The molecule has 0 amide bonds. The second kappa shape index (κ2) is 8.35. The molecule has 0 unspecified atom stereocenters. The Labute approximate surface area is 182 Å². The van der Waals surface area contributed by atoms with Crippen molar-refractivity contribution in [1.29, 1.82) is 5.26 Å². The van der Waals surface area contributed by atoms with Crippen molar-refractivity contribution < 1.29 is 13.0 Å². The zero-order valence-corrected chi connectivity index (χ0v) is 14.7. The fraction of sp³-hybridized carbons (Fsp3) is 0. The second-order valence-electron chi connectivity index (χ2n) is 5.30.